The zero-order valence-corrected chi connectivity index (χ0v) is 37.1. The molecule has 4 aliphatic carbocycles. The van der Waals surface area contributed by atoms with Crippen LogP contribution in [0.5, 0.6) is 0 Å². The number of nitrogens with zero attached hydrogens (tertiary/aromatic N) is 3. The topological polar surface area (TPSA) is 19.4 Å². The molecule has 6 aromatic carbocycles. The first-order valence-corrected chi connectivity index (χ1v) is 24.0. The molecule has 5 heteroatoms. The predicted molar refractivity (Wildman–Crippen MR) is 267 cm³/mol. The largest absolute Gasteiger partial charge is 0.309 e. The fourth-order valence-electron chi connectivity index (χ4n) is 11.4. The molecule has 0 bridgehead atoms. The van der Waals surface area contributed by atoms with E-state index in [0.717, 1.165) is 43.5 Å². The molecule has 13 rings (SSSR count). The van der Waals surface area contributed by atoms with E-state index in [1.807, 2.05) is 35.8 Å². The number of anilines is 5. The van der Waals surface area contributed by atoms with E-state index in [4.69, 9.17) is 4.98 Å². The van der Waals surface area contributed by atoms with Crippen molar-refractivity contribution in [2.45, 2.75) is 60.6 Å². The second-order valence-electron chi connectivity index (χ2n) is 18.1. The molecule has 0 fully saturated rings. The Hall–Kier alpha value is -6.27. The number of thioether (sulfide) groups is 1. The predicted octanol–water partition coefficient (Wildman–Crippen LogP) is 16.8. The number of hydrogen-bond donors (Lipinski definition) is 0. The number of allylic oxidation sites excluding steroid dienone is 11. The highest BCUT2D eigenvalue weighted by molar-refractivity contribution is 8.03. The molecular weight excluding hydrogens is 803 g/mol. The lowest BCUT2D eigenvalue weighted by atomic mass is 9.70. The number of fused-ring (bicyclic) bond motifs is 7. The van der Waals surface area contributed by atoms with Gasteiger partial charge in [-0.25, -0.2) is 0 Å². The molecule has 304 valence electrons. The molecule has 1 atom stereocenters. The standard InChI is InChI=1S/C58H45N3S2/c1-58(2)45-16-4-3-15-39(45)40-29-26-36(33-46(40)58)56-41-30-27-38(61-50-20-7-11-24-54(50)63-55-25-12-8-21-51(55)61)35-44(41)57(47-17-13-14-32-59-47)42-31-28-37(34-43(42)56)60-48-18-5-9-22-52(48)62-53-23-10-6-19-49(53)60/h4-9,11-14,16-22,24-32,34-35,46H,3,10,15,23,33H2,1-2H3. The molecule has 1 aromatic heterocycles. The van der Waals surface area contributed by atoms with Crippen LogP contribution in [0.15, 0.2) is 212 Å². The van der Waals surface area contributed by atoms with Gasteiger partial charge in [-0.1, -0.05) is 122 Å². The van der Waals surface area contributed by atoms with Crippen molar-refractivity contribution in [1.29, 1.82) is 0 Å². The summed E-state index contributed by atoms with van der Waals surface area (Å²) in [7, 11) is 0. The SMILES string of the molecule is CC1(C)C2=C(CCC=C2)C2=CC=C(c3c4cc(N5C6=C(CCC=C6)Sc6ccccc65)ccc4c(-c4ccccn4)c4cc(N5c6ccccc6Sc6ccccc65)ccc34)CC21. The maximum atomic E-state index is 5.12. The number of aromatic nitrogens is 1. The maximum Gasteiger partial charge on any atom is 0.0714 e. The first-order valence-electron chi connectivity index (χ1n) is 22.4. The lowest BCUT2D eigenvalue weighted by Gasteiger charge is -2.36. The maximum absolute atomic E-state index is 5.12. The highest BCUT2D eigenvalue weighted by Crippen LogP contribution is 2.59. The van der Waals surface area contributed by atoms with Crippen molar-refractivity contribution in [2.75, 3.05) is 9.80 Å². The summed E-state index contributed by atoms with van der Waals surface area (Å²) in [4.78, 5) is 15.4. The van der Waals surface area contributed by atoms with Crippen LogP contribution >= 0.6 is 23.5 Å². The van der Waals surface area contributed by atoms with Gasteiger partial charge in [-0.05, 0) is 172 Å². The number of hydrogen-bond acceptors (Lipinski definition) is 5. The van der Waals surface area contributed by atoms with Gasteiger partial charge in [0.05, 0.1) is 28.5 Å². The molecule has 2 aliphatic heterocycles. The number of benzene rings is 6. The molecule has 0 amide bonds. The minimum absolute atomic E-state index is 0.0495. The van der Waals surface area contributed by atoms with Crippen molar-refractivity contribution < 1.29 is 0 Å². The monoisotopic (exact) mass is 847 g/mol. The van der Waals surface area contributed by atoms with Gasteiger partial charge < -0.3 is 9.80 Å². The first-order chi connectivity index (χ1) is 31.0. The summed E-state index contributed by atoms with van der Waals surface area (Å²) < 4.78 is 0. The molecular formula is C58H45N3S2. The first kappa shape index (κ1) is 37.3. The number of para-hydroxylation sites is 3. The van der Waals surface area contributed by atoms with Gasteiger partial charge in [-0.3, -0.25) is 4.98 Å². The Balaban J connectivity index is 1.10. The molecule has 7 aromatic rings. The van der Waals surface area contributed by atoms with Crippen LogP contribution in [0.4, 0.5) is 28.4 Å². The smallest absolute Gasteiger partial charge is 0.0714 e. The number of pyridine rings is 1. The summed E-state index contributed by atoms with van der Waals surface area (Å²) in [5.41, 5.74) is 16.9. The molecule has 0 saturated carbocycles. The zero-order chi connectivity index (χ0) is 41.8. The van der Waals surface area contributed by atoms with E-state index < -0.39 is 0 Å². The molecule has 0 saturated heterocycles. The Morgan fingerprint density at radius 3 is 1.94 bits per heavy atom. The van der Waals surface area contributed by atoms with Crippen molar-refractivity contribution in [1.82, 2.24) is 4.98 Å². The Bertz CT molecular complexity index is 3260. The molecule has 63 heavy (non-hydrogen) atoms. The molecule has 0 N–H and O–H groups in total. The van der Waals surface area contributed by atoms with E-state index in [9.17, 15) is 0 Å². The number of rotatable bonds is 4. The molecule has 0 radical (unpaired) electrons. The Morgan fingerprint density at radius 1 is 0.587 bits per heavy atom. The second-order valence-corrected chi connectivity index (χ2v) is 20.3. The van der Waals surface area contributed by atoms with E-state index in [1.54, 1.807) is 16.7 Å². The lowest BCUT2D eigenvalue weighted by Crippen LogP contribution is -2.23. The van der Waals surface area contributed by atoms with Gasteiger partial charge >= 0.3 is 0 Å². The van der Waals surface area contributed by atoms with Gasteiger partial charge in [0.1, 0.15) is 0 Å². The fourth-order valence-corrected chi connectivity index (χ4v) is 13.6. The van der Waals surface area contributed by atoms with Crippen molar-refractivity contribution in [3.05, 3.63) is 203 Å². The average Bonchev–Trinajstić information content (AvgIpc) is 3.56. The fraction of sp³-hybridized carbons (Fsp3) is 0.155. The van der Waals surface area contributed by atoms with Gasteiger partial charge in [0.2, 0.25) is 0 Å². The van der Waals surface area contributed by atoms with Crippen LogP contribution in [0, 0.1) is 11.3 Å². The summed E-state index contributed by atoms with van der Waals surface area (Å²) in [5, 5.41) is 4.98. The van der Waals surface area contributed by atoms with Crippen molar-refractivity contribution in [3.63, 3.8) is 0 Å². The van der Waals surface area contributed by atoms with E-state index >= 15 is 0 Å². The van der Waals surface area contributed by atoms with E-state index in [0.29, 0.717) is 5.92 Å². The van der Waals surface area contributed by atoms with Crippen LogP contribution < -0.4 is 9.80 Å². The highest BCUT2D eigenvalue weighted by atomic mass is 32.2. The van der Waals surface area contributed by atoms with Crippen molar-refractivity contribution in [2.24, 2.45) is 11.3 Å². The van der Waals surface area contributed by atoms with Crippen LogP contribution in [0.1, 0.15) is 51.5 Å². The average molecular weight is 848 g/mol. The third-order valence-electron chi connectivity index (χ3n) is 14.3. The molecule has 0 spiro atoms. The Morgan fingerprint density at radius 2 is 1.21 bits per heavy atom. The Kier molecular flexibility index (Phi) is 8.52. The lowest BCUT2D eigenvalue weighted by molar-refractivity contribution is 0.340. The summed E-state index contributed by atoms with van der Waals surface area (Å²) in [6.45, 7) is 4.97. The van der Waals surface area contributed by atoms with Gasteiger partial charge in [0, 0.05) is 42.7 Å². The van der Waals surface area contributed by atoms with Crippen LogP contribution in [0.2, 0.25) is 0 Å². The van der Waals surface area contributed by atoms with Crippen LogP contribution in [0.3, 0.4) is 0 Å². The minimum Gasteiger partial charge on any atom is -0.309 e. The third-order valence-corrected chi connectivity index (χ3v) is 16.7. The molecule has 6 aliphatic rings. The quantitative estimate of drug-likeness (QED) is 0.164. The van der Waals surface area contributed by atoms with Crippen LogP contribution in [-0.4, -0.2) is 4.98 Å². The molecule has 3 nitrogen and oxygen atoms in total. The van der Waals surface area contributed by atoms with Crippen LogP contribution in [-0.2, 0) is 0 Å². The minimum atomic E-state index is 0.0495. The molecule has 3 heterocycles. The van der Waals surface area contributed by atoms with Gasteiger partial charge in [-0.15, -0.1) is 0 Å². The summed E-state index contributed by atoms with van der Waals surface area (Å²) in [6.07, 6.45) is 21.8. The van der Waals surface area contributed by atoms with Crippen molar-refractivity contribution >= 4 is 79.1 Å². The van der Waals surface area contributed by atoms with E-state index in [1.165, 1.54) is 86.3 Å². The Labute approximate surface area is 377 Å². The van der Waals surface area contributed by atoms with Gasteiger partial charge in [0.15, 0.2) is 0 Å². The van der Waals surface area contributed by atoms with Gasteiger partial charge in [0.25, 0.3) is 0 Å². The molecule has 1 unspecified atom stereocenters. The van der Waals surface area contributed by atoms with E-state index in [-0.39, 0.29) is 5.41 Å². The van der Waals surface area contributed by atoms with Crippen LogP contribution in [0.25, 0.3) is 38.4 Å². The van der Waals surface area contributed by atoms with E-state index in [2.05, 4.69) is 181 Å². The summed E-state index contributed by atoms with van der Waals surface area (Å²) in [5.74, 6) is 0.415. The van der Waals surface area contributed by atoms with Gasteiger partial charge in [-0.2, -0.15) is 0 Å². The zero-order valence-electron chi connectivity index (χ0n) is 35.4. The third kappa shape index (κ3) is 5.72. The summed E-state index contributed by atoms with van der Waals surface area (Å²) in [6, 6.07) is 47.5. The summed E-state index contributed by atoms with van der Waals surface area (Å²) >= 11 is 3.79. The second kappa shape index (κ2) is 14.4. The van der Waals surface area contributed by atoms with Crippen molar-refractivity contribution in [3.8, 4) is 11.3 Å². The normalized spacial score (nSPS) is 19.3. The highest BCUT2D eigenvalue weighted by Gasteiger charge is 2.45.